The van der Waals surface area contributed by atoms with E-state index in [9.17, 15) is 4.79 Å². The lowest BCUT2D eigenvalue weighted by Crippen LogP contribution is -2.06. The lowest BCUT2D eigenvalue weighted by atomic mass is 10.2. The first-order valence-corrected chi connectivity index (χ1v) is 4.84. The van der Waals surface area contributed by atoms with Gasteiger partial charge in [-0.15, -0.1) is 0 Å². The maximum Gasteiger partial charge on any atom is 0.311 e. The molecule has 1 aromatic heterocycles. The summed E-state index contributed by atoms with van der Waals surface area (Å²) in [4.78, 5) is 14.8. The van der Waals surface area contributed by atoms with Crippen LogP contribution in [0.25, 0.3) is 11.4 Å². The van der Waals surface area contributed by atoms with Crippen LogP contribution < -0.4 is 0 Å². The predicted octanol–water partition coefficient (Wildman–Crippen LogP) is 1.11. The average molecular weight is 217 g/mol. The second-order valence-electron chi connectivity index (χ2n) is 3.41. The van der Waals surface area contributed by atoms with Gasteiger partial charge in [-0.25, -0.2) is 4.98 Å². The van der Waals surface area contributed by atoms with Crippen LogP contribution in [0.4, 0.5) is 0 Å². The van der Waals surface area contributed by atoms with Gasteiger partial charge in [0.05, 0.1) is 0 Å². The van der Waals surface area contributed by atoms with Gasteiger partial charge in [0.2, 0.25) is 0 Å². The third kappa shape index (κ3) is 2.08. The lowest BCUT2D eigenvalue weighted by Gasteiger charge is -1.92. The zero-order chi connectivity index (χ0) is 11.5. The van der Waals surface area contributed by atoms with E-state index < -0.39 is 5.97 Å². The molecule has 5 heteroatoms. The fourth-order valence-corrected chi connectivity index (χ4v) is 1.42. The molecule has 0 bridgehead atoms. The minimum absolute atomic E-state index is 0.115. The van der Waals surface area contributed by atoms with E-state index in [-0.39, 0.29) is 6.42 Å². The van der Waals surface area contributed by atoms with Crippen molar-refractivity contribution in [2.75, 3.05) is 0 Å². The summed E-state index contributed by atoms with van der Waals surface area (Å²) in [7, 11) is 1.69. The van der Waals surface area contributed by atoms with Gasteiger partial charge in [-0.3, -0.25) is 9.48 Å². The average Bonchev–Trinajstić information content (AvgIpc) is 2.61. The molecule has 2 aromatic rings. The van der Waals surface area contributed by atoms with Crippen LogP contribution in [0.2, 0.25) is 0 Å². The first-order chi connectivity index (χ1) is 7.66. The van der Waals surface area contributed by atoms with Gasteiger partial charge in [-0.1, -0.05) is 30.3 Å². The Labute approximate surface area is 92.4 Å². The van der Waals surface area contributed by atoms with Gasteiger partial charge in [0.25, 0.3) is 0 Å². The van der Waals surface area contributed by atoms with Gasteiger partial charge in [0, 0.05) is 12.6 Å². The fraction of sp³-hybridized carbons (Fsp3) is 0.182. The van der Waals surface area contributed by atoms with Crippen molar-refractivity contribution in [3.8, 4) is 11.4 Å². The molecule has 0 radical (unpaired) electrons. The summed E-state index contributed by atoms with van der Waals surface area (Å²) in [6.45, 7) is 0. The molecule has 2 rings (SSSR count). The second-order valence-corrected chi connectivity index (χ2v) is 3.41. The molecule has 0 amide bonds. The Kier molecular flexibility index (Phi) is 2.68. The van der Waals surface area contributed by atoms with Crippen LogP contribution in [-0.4, -0.2) is 25.8 Å². The van der Waals surface area contributed by atoms with E-state index in [1.807, 2.05) is 30.3 Å². The highest BCUT2D eigenvalue weighted by Crippen LogP contribution is 2.14. The van der Waals surface area contributed by atoms with Crippen molar-refractivity contribution < 1.29 is 9.90 Å². The molecular weight excluding hydrogens is 206 g/mol. The van der Waals surface area contributed by atoms with Crippen LogP contribution >= 0.6 is 0 Å². The Morgan fingerprint density at radius 2 is 2.06 bits per heavy atom. The molecule has 0 atom stereocenters. The van der Waals surface area contributed by atoms with Gasteiger partial charge in [-0.2, -0.15) is 5.10 Å². The zero-order valence-electron chi connectivity index (χ0n) is 8.79. The predicted molar refractivity (Wildman–Crippen MR) is 57.8 cm³/mol. The number of hydrogen-bond acceptors (Lipinski definition) is 3. The summed E-state index contributed by atoms with van der Waals surface area (Å²) in [5, 5.41) is 12.9. The minimum atomic E-state index is -0.907. The molecule has 0 saturated heterocycles. The number of aryl methyl sites for hydroxylation is 1. The van der Waals surface area contributed by atoms with Crippen molar-refractivity contribution in [2.45, 2.75) is 6.42 Å². The van der Waals surface area contributed by atoms with E-state index in [4.69, 9.17) is 5.11 Å². The zero-order valence-corrected chi connectivity index (χ0v) is 8.79. The maximum absolute atomic E-state index is 10.6. The minimum Gasteiger partial charge on any atom is -0.481 e. The quantitative estimate of drug-likeness (QED) is 0.836. The molecule has 1 N–H and O–H groups in total. The highest BCUT2D eigenvalue weighted by atomic mass is 16.4. The Morgan fingerprint density at radius 3 is 2.69 bits per heavy atom. The van der Waals surface area contributed by atoms with Crippen molar-refractivity contribution in [3.05, 3.63) is 36.2 Å². The summed E-state index contributed by atoms with van der Waals surface area (Å²) in [6.07, 6.45) is -0.115. The van der Waals surface area contributed by atoms with Crippen molar-refractivity contribution in [1.29, 1.82) is 0 Å². The molecule has 0 aliphatic heterocycles. The third-order valence-electron chi connectivity index (χ3n) is 2.19. The fourth-order valence-electron chi connectivity index (χ4n) is 1.42. The first kappa shape index (κ1) is 10.4. The monoisotopic (exact) mass is 217 g/mol. The largest absolute Gasteiger partial charge is 0.481 e. The molecule has 0 saturated carbocycles. The van der Waals surface area contributed by atoms with Gasteiger partial charge in [0.15, 0.2) is 5.82 Å². The third-order valence-corrected chi connectivity index (χ3v) is 2.19. The molecule has 0 fully saturated rings. The molecule has 5 nitrogen and oxygen atoms in total. The van der Waals surface area contributed by atoms with Gasteiger partial charge in [0.1, 0.15) is 12.2 Å². The first-order valence-electron chi connectivity index (χ1n) is 4.84. The van der Waals surface area contributed by atoms with Gasteiger partial charge >= 0.3 is 5.97 Å². The van der Waals surface area contributed by atoms with Crippen molar-refractivity contribution in [1.82, 2.24) is 14.8 Å². The van der Waals surface area contributed by atoms with E-state index in [1.54, 1.807) is 7.05 Å². The smallest absolute Gasteiger partial charge is 0.311 e. The van der Waals surface area contributed by atoms with Crippen LogP contribution in [0.15, 0.2) is 30.3 Å². The van der Waals surface area contributed by atoms with Gasteiger partial charge < -0.3 is 5.11 Å². The molecule has 0 aliphatic rings. The summed E-state index contributed by atoms with van der Waals surface area (Å²) in [5.74, 6) is 0.0980. The van der Waals surface area contributed by atoms with E-state index in [2.05, 4.69) is 10.1 Å². The Bertz CT molecular complexity index is 505. The molecule has 1 aromatic carbocycles. The van der Waals surface area contributed by atoms with Crippen LogP contribution in [-0.2, 0) is 18.3 Å². The summed E-state index contributed by atoms with van der Waals surface area (Å²) in [6, 6.07) is 9.47. The number of benzene rings is 1. The number of aromatic nitrogens is 3. The van der Waals surface area contributed by atoms with Gasteiger partial charge in [-0.05, 0) is 0 Å². The highest BCUT2D eigenvalue weighted by Gasteiger charge is 2.11. The molecule has 1 heterocycles. The Balaban J connectivity index is 2.34. The number of carboxylic acid groups (broad SMARTS) is 1. The standard InChI is InChI=1S/C11H11N3O2/c1-14-9(7-10(15)16)12-11(13-14)8-5-3-2-4-6-8/h2-6H,7H2,1H3,(H,15,16). The maximum atomic E-state index is 10.6. The molecule has 0 spiro atoms. The van der Waals surface area contributed by atoms with E-state index in [0.29, 0.717) is 11.6 Å². The molecule has 0 unspecified atom stereocenters. The number of rotatable bonds is 3. The van der Waals surface area contributed by atoms with E-state index in [1.165, 1.54) is 4.68 Å². The molecular formula is C11H11N3O2. The summed E-state index contributed by atoms with van der Waals surface area (Å²) < 4.78 is 1.50. The second kappa shape index (κ2) is 4.14. The SMILES string of the molecule is Cn1nc(-c2ccccc2)nc1CC(=O)O. The number of nitrogens with zero attached hydrogens (tertiary/aromatic N) is 3. The number of aliphatic carboxylic acids is 1. The molecule has 0 aliphatic carbocycles. The van der Waals surface area contributed by atoms with E-state index in [0.717, 1.165) is 5.56 Å². The normalized spacial score (nSPS) is 10.3. The van der Waals surface area contributed by atoms with Crippen LogP contribution in [0.5, 0.6) is 0 Å². The van der Waals surface area contributed by atoms with Crippen molar-refractivity contribution in [2.24, 2.45) is 7.05 Å². The van der Waals surface area contributed by atoms with Crippen molar-refractivity contribution in [3.63, 3.8) is 0 Å². The summed E-state index contributed by atoms with van der Waals surface area (Å²) in [5.41, 5.74) is 0.884. The number of carboxylic acids is 1. The van der Waals surface area contributed by atoms with E-state index >= 15 is 0 Å². The van der Waals surface area contributed by atoms with Crippen LogP contribution in [0, 0.1) is 0 Å². The Morgan fingerprint density at radius 1 is 1.38 bits per heavy atom. The number of hydrogen-bond donors (Lipinski definition) is 1. The topological polar surface area (TPSA) is 68.0 Å². The summed E-state index contributed by atoms with van der Waals surface area (Å²) >= 11 is 0. The Hall–Kier alpha value is -2.17. The van der Waals surface area contributed by atoms with Crippen LogP contribution in [0.1, 0.15) is 5.82 Å². The lowest BCUT2D eigenvalue weighted by molar-refractivity contribution is -0.136. The number of carbonyl (C=O) groups is 1. The van der Waals surface area contributed by atoms with Crippen LogP contribution in [0.3, 0.4) is 0 Å². The highest BCUT2D eigenvalue weighted by molar-refractivity contribution is 5.69. The van der Waals surface area contributed by atoms with Crippen molar-refractivity contribution >= 4 is 5.97 Å². The molecule has 16 heavy (non-hydrogen) atoms. The molecule has 82 valence electrons.